The maximum Gasteiger partial charge on any atom is 0.351 e. The number of aryl methyl sites for hydroxylation is 1. The third kappa shape index (κ3) is 2.54. The standard InChI is InChI=1S/C12H9NO4S/c1-7-6-9(15)11(12(16)17-7)8(14)2-3-10-13-4-5-18-10/h2-6,15H,1H3/b3-2+. The average Bonchev–Trinajstić information content (AvgIpc) is 2.77. The predicted molar refractivity (Wildman–Crippen MR) is 66.9 cm³/mol. The van der Waals surface area contributed by atoms with E-state index in [1.54, 1.807) is 11.6 Å². The third-order valence-electron chi connectivity index (χ3n) is 2.13. The third-order valence-corrected chi connectivity index (χ3v) is 2.87. The van der Waals surface area contributed by atoms with Gasteiger partial charge in [-0.3, -0.25) is 4.79 Å². The summed E-state index contributed by atoms with van der Waals surface area (Å²) in [7, 11) is 0. The van der Waals surface area contributed by atoms with Crippen LogP contribution in [-0.4, -0.2) is 15.9 Å². The molecule has 0 radical (unpaired) electrons. The highest BCUT2D eigenvalue weighted by atomic mass is 32.1. The van der Waals surface area contributed by atoms with Crippen molar-refractivity contribution in [3.05, 3.63) is 50.5 Å². The molecule has 2 aromatic rings. The van der Waals surface area contributed by atoms with Gasteiger partial charge in [0.1, 0.15) is 22.1 Å². The average molecular weight is 263 g/mol. The van der Waals surface area contributed by atoms with Crippen LogP contribution in [0.25, 0.3) is 6.08 Å². The molecule has 0 aliphatic rings. The predicted octanol–water partition coefficient (Wildman–Crippen LogP) is 2.01. The molecule has 0 amide bonds. The summed E-state index contributed by atoms with van der Waals surface area (Å²) in [6.45, 7) is 1.51. The fraction of sp³-hybridized carbons (Fsp3) is 0.0833. The van der Waals surface area contributed by atoms with E-state index < -0.39 is 11.4 Å². The van der Waals surface area contributed by atoms with Gasteiger partial charge in [0, 0.05) is 17.6 Å². The second-order valence-electron chi connectivity index (χ2n) is 3.47. The minimum absolute atomic E-state index is 0.248. The van der Waals surface area contributed by atoms with E-state index in [-0.39, 0.29) is 17.1 Å². The molecule has 1 N–H and O–H groups in total. The number of carbonyl (C=O) groups excluding carboxylic acids is 1. The zero-order valence-corrected chi connectivity index (χ0v) is 10.2. The smallest absolute Gasteiger partial charge is 0.351 e. The Morgan fingerprint density at radius 3 is 2.94 bits per heavy atom. The lowest BCUT2D eigenvalue weighted by Gasteiger charge is -1.99. The Morgan fingerprint density at radius 2 is 2.33 bits per heavy atom. The van der Waals surface area contributed by atoms with Gasteiger partial charge in [-0.05, 0) is 19.1 Å². The van der Waals surface area contributed by atoms with Gasteiger partial charge < -0.3 is 9.52 Å². The van der Waals surface area contributed by atoms with Crippen molar-refractivity contribution in [2.24, 2.45) is 0 Å². The molecular weight excluding hydrogens is 254 g/mol. The van der Waals surface area contributed by atoms with E-state index in [0.29, 0.717) is 5.01 Å². The largest absolute Gasteiger partial charge is 0.507 e. The van der Waals surface area contributed by atoms with Crippen LogP contribution in [0.2, 0.25) is 0 Å². The van der Waals surface area contributed by atoms with Crippen LogP contribution in [0.3, 0.4) is 0 Å². The van der Waals surface area contributed by atoms with Crippen molar-refractivity contribution in [3.63, 3.8) is 0 Å². The molecule has 6 heteroatoms. The Balaban J connectivity index is 2.33. The summed E-state index contributed by atoms with van der Waals surface area (Å²) in [5.74, 6) is -0.744. The van der Waals surface area contributed by atoms with Gasteiger partial charge in [-0.15, -0.1) is 11.3 Å². The van der Waals surface area contributed by atoms with Crippen LogP contribution in [-0.2, 0) is 0 Å². The number of rotatable bonds is 3. The molecule has 2 heterocycles. The number of aromatic hydroxyl groups is 1. The first-order valence-electron chi connectivity index (χ1n) is 5.03. The second kappa shape index (κ2) is 4.97. The highest BCUT2D eigenvalue weighted by Gasteiger charge is 2.15. The summed E-state index contributed by atoms with van der Waals surface area (Å²) in [5, 5.41) is 12.0. The Hall–Kier alpha value is -2.21. The molecule has 0 fully saturated rings. The zero-order valence-electron chi connectivity index (χ0n) is 9.41. The van der Waals surface area contributed by atoms with Crippen LogP contribution >= 0.6 is 11.3 Å². The molecule has 0 saturated carbocycles. The van der Waals surface area contributed by atoms with E-state index in [9.17, 15) is 14.7 Å². The van der Waals surface area contributed by atoms with E-state index in [2.05, 4.69) is 4.98 Å². The fourth-order valence-electron chi connectivity index (χ4n) is 1.37. The molecular formula is C12H9NO4S. The number of allylic oxidation sites excluding steroid dienone is 1. The number of hydrogen-bond acceptors (Lipinski definition) is 6. The molecule has 0 saturated heterocycles. The van der Waals surface area contributed by atoms with Gasteiger partial charge in [-0.1, -0.05) is 0 Å². The minimum Gasteiger partial charge on any atom is -0.507 e. The van der Waals surface area contributed by atoms with Crippen LogP contribution in [0.4, 0.5) is 0 Å². The number of carbonyl (C=O) groups is 1. The van der Waals surface area contributed by atoms with Crippen molar-refractivity contribution in [1.82, 2.24) is 4.98 Å². The van der Waals surface area contributed by atoms with Crippen LogP contribution in [0, 0.1) is 6.92 Å². The van der Waals surface area contributed by atoms with E-state index in [0.717, 1.165) is 0 Å². The highest BCUT2D eigenvalue weighted by Crippen LogP contribution is 2.16. The summed E-state index contributed by atoms with van der Waals surface area (Å²) in [6, 6.07) is 1.23. The van der Waals surface area contributed by atoms with Gasteiger partial charge in [0.25, 0.3) is 0 Å². The highest BCUT2D eigenvalue weighted by molar-refractivity contribution is 7.10. The van der Waals surface area contributed by atoms with Crippen LogP contribution in [0.1, 0.15) is 21.1 Å². The summed E-state index contributed by atoms with van der Waals surface area (Å²) in [4.78, 5) is 27.2. The zero-order chi connectivity index (χ0) is 13.1. The first kappa shape index (κ1) is 12.3. The van der Waals surface area contributed by atoms with Gasteiger partial charge in [-0.25, -0.2) is 9.78 Å². The van der Waals surface area contributed by atoms with Crippen molar-refractivity contribution in [2.45, 2.75) is 6.92 Å². The molecule has 0 unspecified atom stereocenters. The van der Waals surface area contributed by atoms with Gasteiger partial charge in [-0.2, -0.15) is 0 Å². The molecule has 0 atom stereocenters. The molecule has 18 heavy (non-hydrogen) atoms. The van der Waals surface area contributed by atoms with Crippen LogP contribution in [0.15, 0.2) is 32.9 Å². The Kier molecular flexibility index (Phi) is 3.38. The lowest BCUT2D eigenvalue weighted by molar-refractivity contribution is 0.104. The Bertz CT molecular complexity index is 655. The van der Waals surface area contributed by atoms with E-state index in [1.165, 1.54) is 36.5 Å². The summed E-state index contributed by atoms with van der Waals surface area (Å²) in [5.41, 5.74) is -1.21. The monoisotopic (exact) mass is 263 g/mol. The van der Waals surface area contributed by atoms with Gasteiger partial charge in [0.2, 0.25) is 0 Å². The summed E-state index contributed by atoms with van der Waals surface area (Å²) >= 11 is 1.36. The van der Waals surface area contributed by atoms with Gasteiger partial charge in [0.15, 0.2) is 5.78 Å². The summed E-state index contributed by atoms with van der Waals surface area (Å²) in [6.07, 6.45) is 4.26. The van der Waals surface area contributed by atoms with Gasteiger partial charge in [0.05, 0.1) is 0 Å². The normalized spacial score (nSPS) is 10.9. The van der Waals surface area contributed by atoms with E-state index in [1.807, 2.05) is 0 Å². The topological polar surface area (TPSA) is 80.4 Å². The molecule has 0 aliphatic carbocycles. The number of hydrogen-bond donors (Lipinski definition) is 1. The second-order valence-corrected chi connectivity index (χ2v) is 4.40. The maximum absolute atomic E-state index is 11.8. The lowest BCUT2D eigenvalue weighted by atomic mass is 10.1. The Morgan fingerprint density at radius 1 is 1.56 bits per heavy atom. The molecule has 2 rings (SSSR count). The number of thiazole rings is 1. The molecule has 0 bridgehead atoms. The molecule has 0 aliphatic heterocycles. The maximum atomic E-state index is 11.8. The van der Waals surface area contributed by atoms with Crippen molar-refractivity contribution in [1.29, 1.82) is 0 Å². The minimum atomic E-state index is -0.846. The summed E-state index contributed by atoms with van der Waals surface area (Å²) < 4.78 is 4.76. The van der Waals surface area contributed by atoms with E-state index >= 15 is 0 Å². The Labute approximate surface area is 106 Å². The first-order chi connectivity index (χ1) is 8.58. The van der Waals surface area contributed by atoms with Crippen molar-refractivity contribution in [3.8, 4) is 5.75 Å². The van der Waals surface area contributed by atoms with Gasteiger partial charge >= 0.3 is 5.63 Å². The SMILES string of the molecule is Cc1cc(O)c(C(=O)/C=C/c2nccs2)c(=O)o1. The number of aromatic nitrogens is 1. The van der Waals surface area contributed by atoms with Crippen LogP contribution in [0.5, 0.6) is 5.75 Å². The van der Waals surface area contributed by atoms with Crippen molar-refractivity contribution >= 4 is 23.2 Å². The van der Waals surface area contributed by atoms with Crippen molar-refractivity contribution in [2.75, 3.05) is 0 Å². The number of ketones is 1. The first-order valence-corrected chi connectivity index (χ1v) is 5.91. The molecule has 5 nitrogen and oxygen atoms in total. The molecule has 92 valence electrons. The molecule has 0 spiro atoms. The quantitative estimate of drug-likeness (QED) is 0.676. The molecule has 2 aromatic heterocycles. The lowest BCUT2D eigenvalue weighted by Crippen LogP contribution is -2.12. The number of nitrogens with zero attached hydrogens (tertiary/aromatic N) is 1. The fourth-order valence-corrected chi connectivity index (χ4v) is 1.90. The van der Waals surface area contributed by atoms with Crippen LogP contribution < -0.4 is 5.63 Å². The van der Waals surface area contributed by atoms with Crippen molar-refractivity contribution < 1.29 is 14.3 Å². The van der Waals surface area contributed by atoms with E-state index in [4.69, 9.17) is 4.42 Å². The molecule has 0 aromatic carbocycles.